The summed E-state index contributed by atoms with van der Waals surface area (Å²) in [6.45, 7) is 3.14. The zero-order valence-electron chi connectivity index (χ0n) is 16.4. The fourth-order valence-corrected chi connectivity index (χ4v) is 3.76. The van der Waals surface area contributed by atoms with E-state index in [0.717, 1.165) is 18.5 Å². The van der Waals surface area contributed by atoms with Crippen LogP contribution in [-0.2, 0) is 9.53 Å². The van der Waals surface area contributed by atoms with E-state index in [1.807, 2.05) is 59.4 Å². The minimum Gasteiger partial charge on any atom is -0.466 e. The van der Waals surface area contributed by atoms with Gasteiger partial charge in [0.15, 0.2) is 5.82 Å². The van der Waals surface area contributed by atoms with Crippen molar-refractivity contribution in [2.24, 2.45) is 5.92 Å². The van der Waals surface area contributed by atoms with Crippen molar-refractivity contribution in [3.8, 4) is 11.5 Å². The lowest BCUT2D eigenvalue weighted by Crippen LogP contribution is -2.43. The van der Waals surface area contributed by atoms with Gasteiger partial charge in [-0.2, -0.15) is 5.10 Å². The summed E-state index contributed by atoms with van der Waals surface area (Å²) >= 11 is 0. The molecule has 29 heavy (non-hydrogen) atoms. The lowest BCUT2D eigenvalue weighted by atomic mass is 9.97. The van der Waals surface area contributed by atoms with Crippen molar-refractivity contribution in [1.29, 1.82) is 0 Å². The Bertz CT molecular complexity index is 979. The van der Waals surface area contributed by atoms with Crippen LogP contribution in [0.25, 0.3) is 11.5 Å². The Labute approximate surface area is 169 Å². The number of carbonyl (C=O) groups excluding carboxylic acids is 2. The number of nitrogens with zero attached hydrogens (tertiary/aromatic N) is 4. The molecule has 1 aliphatic heterocycles. The molecule has 7 heteroatoms. The molecule has 0 radical (unpaired) electrons. The first-order valence-corrected chi connectivity index (χ1v) is 9.91. The van der Waals surface area contributed by atoms with Gasteiger partial charge < -0.3 is 14.2 Å². The second kappa shape index (κ2) is 8.34. The van der Waals surface area contributed by atoms with Crippen LogP contribution in [0.2, 0.25) is 0 Å². The third-order valence-electron chi connectivity index (χ3n) is 5.15. The standard InChI is InChI=1S/C22H24N4O3/c1-2-29-22(28)17-9-8-14-25(16-17)21(27)19-15-23-26(18-10-4-3-5-11-18)20(19)24-12-6-7-13-24/h3-7,10-13,15,17H,2,8-9,14,16H2,1H3/t17-/m1/s1. The summed E-state index contributed by atoms with van der Waals surface area (Å²) in [5.74, 6) is 0.0665. The average molecular weight is 392 g/mol. The molecule has 0 aliphatic carbocycles. The minimum absolute atomic E-state index is 0.120. The number of benzene rings is 1. The molecule has 1 aliphatic rings. The molecule has 7 nitrogen and oxygen atoms in total. The summed E-state index contributed by atoms with van der Waals surface area (Å²) in [4.78, 5) is 27.3. The maximum atomic E-state index is 13.4. The van der Waals surface area contributed by atoms with E-state index in [-0.39, 0.29) is 17.8 Å². The Morgan fingerprint density at radius 3 is 2.62 bits per heavy atom. The van der Waals surface area contributed by atoms with E-state index in [2.05, 4.69) is 5.10 Å². The minimum atomic E-state index is -0.271. The quantitative estimate of drug-likeness (QED) is 0.626. The van der Waals surface area contributed by atoms with Gasteiger partial charge in [-0.25, -0.2) is 4.68 Å². The zero-order valence-corrected chi connectivity index (χ0v) is 16.4. The lowest BCUT2D eigenvalue weighted by molar-refractivity contribution is -0.149. The number of rotatable bonds is 5. The highest BCUT2D eigenvalue weighted by Crippen LogP contribution is 2.24. The van der Waals surface area contributed by atoms with Gasteiger partial charge in [-0.15, -0.1) is 0 Å². The molecule has 1 aromatic carbocycles. The van der Waals surface area contributed by atoms with Gasteiger partial charge in [-0.3, -0.25) is 9.59 Å². The monoisotopic (exact) mass is 392 g/mol. The van der Waals surface area contributed by atoms with Gasteiger partial charge in [0.2, 0.25) is 0 Å². The highest BCUT2D eigenvalue weighted by Gasteiger charge is 2.32. The van der Waals surface area contributed by atoms with Crippen molar-refractivity contribution in [1.82, 2.24) is 19.2 Å². The molecule has 1 fully saturated rings. The number of ether oxygens (including phenoxy) is 1. The van der Waals surface area contributed by atoms with Gasteiger partial charge in [0, 0.05) is 25.5 Å². The van der Waals surface area contributed by atoms with E-state index >= 15 is 0 Å². The van der Waals surface area contributed by atoms with E-state index in [0.29, 0.717) is 31.1 Å². The molecule has 0 spiro atoms. The molecular formula is C22H24N4O3. The molecule has 0 N–H and O–H groups in total. The van der Waals surface area contributed by atoms with E-state index in [1.165, 1.54) is 0 Å². The van der Waals surface area contributed by atoms with Crippen LogP contribution in [0.15, 0.2) is 61.1 Å². The Morgan fingerprint density at radius 2 is 1.90 bits per heavy atom. The van der Waals surface area contributed by atoms with Crippen LogP contribution in [0.5, 0.6) is 0 Å². The predicted octanol–water partition coefficient (Wildman–Crippen LogP) is 3.08. The third-order valence-corrected chi connectivity index (χ3v) is 5.15. The van der Waals surface area contributed by atoms with Crippen molar-refractivity contribution < 1.29 is 14.3 Å². The van der Waals surface area contributed by atoms with Gasteiger partial charge in [0.05, 0.1) is 24.4 Å². The normalized spacial score (nSPS) is 16.6. The summed E-state index contributed by atoms with van der Waals surface area (Å²) in [6.07, 6.45) is 6.92. The zero-order chi connectivity index (χ0) is 20.2. The van der Waals surface area contributed by atoms with Crippen molar-refractivity contribution in [3.05, 3.63) is 66.6 Å². The highest BCUT2D eigenvalue weighted by molar-refractivity contribution is 5.97. The number of likely N-dealkylation sites (tertiary alicyclic amines) is 1. The summed E-state index contributed by atoms with van der Waals surface area (Å²) in [6, 6.07) is 13.5. The van der Waals surface area contributed by atoms with Crippen LogP contribution >= 0.6 is 0 Å². The van der Waals surface area contributed by atoms with Crippen LogP contribution < -0.4 is 0 Å². The van der Waals surface area contributed by atoms with Crippen molar-refractivity contribution in [2.75, 3.05) is 19.7 Å². The summed E-state index contributed by atoms with van der Waals surface area (Å²) in [5, 5.41) is 4.50. The summed E-state index contributed by atoms with van der Waals surface area (Å²) in [5.41, 5.74) is 1.38. The summed E-state index contributed by atoms with van der Waals surface area (Å²) in [7, 11) is 0. The van der Waals surface area contributed by atoms with Crippen LogP contribution in [0.1, 0.15) is 30.1 Å². The van der Waals surface area contributed by atoms with Crippen molar-refractivity contribution in [2.45, 2.75) is 19.8 Å². The third kappa shape index (κ3) is 3.81. The number of hydrogen-bond donors (Lipinski definition) is 0. The van der Waals surface area contributed by atoms with Gasteiger partial charge in [0.1, 0.15) is 5.56 Å². The molecule has 3 aromatic rings. The van der Waals surface area contributed by atoms with Gasteiger partial charge >= 0.3 is 5.97 Å². The fourth-order valence-electron chi connectivity index (χ4n) is 3.76. The Balaban J connectivity index is 1.67. The number of amides is 1. The first-order valence-electron chi connectivity index (χ1n) is 9.91. The molecule has 0 bridgehead atoms. The highest BCUT2D eigenvalue weighted by atomic mass is 16.5. The number of esters is 1. The van der Waals surface area contributed by atoms with E-state index in [1.54, 1.807) is 22.7 Å². The largest absolute Gasteiger partial charge is 0.466 e. The maximum absolute atomic E-state index is 13.4. The molecule has 4 rings (SSSR count). The number of piperidine rings is 1. The van der Waals surface area contributed by atoms with Gasteiger partial charge in [-0.1, -0.05) is 18.2 Å². The second-order valence-corrected chi connectivity index (χ2v) is 7.06. The average Bonchev–Trinajstić information content (AvgIpc) is 3.44. The number of para-hydroxylation sites is 1. The molecule has 1 amide bonds. The SMILES string of the molecule is CCOC(=O)[C@@H]1CCCN(C(=O)c2cnn(-c3ccccc3)c2-n2cccc2)C1. The number of hydrogen-bond acceptors (Lipinski definition) is 4. The molecule has 0 saturated carbocycles. The molecule has 1 saturated heterocycles. The Kier molecular flexibility index (Phi) is 5.46. The lowest BCUT2D eigenvalue weighted by Gasteiger charge is -2.31. The first kappa shape index (κ1) is 19.0. The maximum Gasteiger partial charge on any atom is 0.310 e. The molecule has 2 aromatic heterocycles. The molecule has 150 valence electrons. The van der Waals surface area contributed by atoms with E-state index < -0.39 is 0 Å². The first-order chi connectivity index (χ1) is 14.2. The van der Waals surface area contributed by atoms with Crippen LogP contribution in [-0.4, -0.2) is 50.8 Å². The van der Waals surface area contributed by atoms with Crippen molar-refractivity contribution in [3.63, 3.8) is 0 Å². The number of carbonyl (C=O) groups is 2. The summed E-state index contributed by atoms with van der Waals surface area (Å²) < 4.78 is 8.82. The van der Waals surface area contributed by atoms with E-state index in [4.69, 9.17) is 4.74 Å². The van der Waals surface area contributed by atoms with Crippen LogP contribution in [0, 0.1) is 5.92 Å². The molecule has 3 heterocycles. The predicted molar refractivity (Wildman–Crippen MR) is 108 cm³/mol. The smallest absolute Gasteiger partial charge is 0.310 e. The van der Waals surface area contributed by atoms with Gasteiger partial charge in [-0.05, 0) is 44.0 Å². The Morgan fingerprint density at radius 1 is 1.14 bits per heavy atom. The van der Waals surface area contributed by atoms with Crippen molar-refractivity contribution >= 4 is 11.9 Å². The fraction of sp³-hybridized carbons (Fsp3) is 0.318. The Hall–Kier alpha value is -3.35. The van der Waals surface area contributed by atoms with Crippen LogP contribution in [0.3, 0.4) is 0 Å². The molecular weight excluding hydrogens is 368 g/mol. The molecule has 0 unspecified atom stereocenters. The number of aromatic nitrogens is 3. The topological polar surface area (TPSA) is 69.4 Å². The van der Waals surface area contributed by atoms with E-state index in [9.17, 15) is 9.59 Å². The second-order valence-electron chi connectivity index (χ2n) is 7.06. The van der Waals surface area contributed by atoms with Crippen LogP contribution in [0.4, 0.5) is 0 Å². The van der Waals surface area contributed by atoms with Gasteiger partial charge in [0.25, 0.3) is 5.91 Å². The molecule has 1 atom stereocenters.